The van der Waals surface area contributed by atoms with E-state index in [0.717, 1.165) is 37.6 Å². The van der Waals surface area contributed by atoms with E-state index in [1.54, 1.807) is 6.20 Å². The molecule has 1 saturated heterocycles. The molecule has 0 saturated carbocycles. The van der Waals surface area contributed by atoms with Gasteiger partial charge in [0.1, 0.15) is 24.1 Å². The van der Waals surface area contributed by atoms with E-state index in [9.17, 15) is 5.11 Å². The summed E-state index contributed by atoms with van der Waals surface area (Å²) in [5, 5.41) is 10.7. The Morgan fingerprint density at radius 1 is 1.39 bits per heavy atom. The number of imidazole rings is 1. The summed E-state index contributed by atoms with van der Waals surface area (Å²) in [6, 6.07) is 1.86. The van der Waals surface area contributed by atoms with Gasteiger partial charge < -0.3 is 19.3 Å². The molecule has 1 aliphatic rings. The molecule has 7 nitrogen and oxygen atoms in total. The first-order chi connectivity index (χ1) is 11.2. The van der Waals surface area contributed by atoms with E-state index in [1.807, 2.05) is 30.8 Å². The lowest BCUT2D eigenvalue weighted by molar-refractivity contribution is 0.0873. The van der Waals surface area contributed by atoms with Gasteiger partial charge in [0.25, 0.3) is 0 Å². The van der Waals surface area contributed by atoms with Gasteiger partial charge in [0.2, 0.25) is 5.88 Å². The Hall–Kier alpha value is -2.15. The summed E-state index contributed by atoms with van der Waals surface area (Å²) in [4.78, 5) is 14.9. The number of hydrogen-bond acceptors (Lipinski definition) is 6. The van der Waals surface area contributed by atoms with E-state index >= 15 is 0 Å². The fraction of sp³-hybridized carbons (Fsp3) is 0.562. The minimum absolute atomic E-state index is 0.135. The first-order valence-electron chi connectivity index (χ1n) is 8.04. The second kappa shape index (κ2) is 6.95. The van der Waals surface area contributed by atoms with Gasteiger partial charge in [-0.1, -0.05) is 0 Å². The summed E-state index contributed by atoms with van der Waals surface area (Å²) in [5.74, 6) is 2.29. The molecule has 1 N–H and O–H groups in total. The molecule has 0 aliphatic carbocycles. The Bertz CT molecular complexity index is 645. The number of ether oxygens (including phenoxy) is 1. The second-order valence-electron chi connectivity index (χ2n) is 5.84. The van der Waals surface area contributed by atoms with Crippen molar-refractivity contribution < 1.29 is 9.84 Å². The van der Waals surface area contributed by atoms with E-state index in [2.05, 4.69) is 19.9 Å². The standard InChI is InChI=1S/C16H23N5O2/c1-3-23-14-9-13(18-11-19-14)21-7-4-5-12(10-21)15(22)16-17-6-8-20(16)2/h6,8-9,11-12,15,22H,3-5,7,10H2,1-2H3/t12-,15+/m1/s1. The minimum atomic E-state index is -0.564. The SMILES string of the molecule is CCOc1cc(N2CCC[C@@H]([C@H](O)c3nccn3C)C2)ncn1. The monoisotopic (exact) mass is 317 g/mol. The third-order valence-electron chi connectivity index (χ3n) is 4.27. The topological polar surface area (TPSA) is 76.3 Å². The van der Waals surface area contributed by atoms with E-state index in [0.29, 0.717) is 12.5 Å². The van der Waals surface area contributed by atoms with Gasteiger partial charge in [-0.15, -0.1) is 0 Å². The molecule has 2 atom stereocenters. The van der Waals surface area contributed by atoms with Gasteiger partial charge >= 0.3 is 0 Å². The third kappa shape index (κ3) is 3.44. The highest BCUT2D eigenvalue weighted by molar-refractivity contribution is 5.41. The van der Waals surface area contributed by atoms with Gasteiger partial charge in [0.15, 0.2) is 0 Å². The zero-order valence-electron chi connectivity index (χ0n) is 13.6. The number of anilines is 1. The first-order valence-corrected chi connectivity index (χ1v) is 8.04. The van der Waals surface area contributed by atoms with Crippen LogP contribution < -0.4 is 9.64 Å². The average molecular weight is 317 g/mol. The van der Waals surface area contributed by atoms with Gasteiger partial charge in [0, 0.05) is 44.5 Å². The molecule has 23 heavy (non-hydrogen) atoms. The Kier molecular flexibility index (Phi) is 4.76. The molecule has 0 unspecified atom stereocenters. The smallest absolute Gasteiger partial charge is 0.218 e. The number of aryl methyl sites for hydroxylation is 1. The molecule has 2 aromatic rings. The molecule has 1 aliphatic heterocycles. The Morgan fingerprint density at radius 2 is 2.26 bits per heavy atom. The number of piperidine rings is 1. The normalized spacial score (nSPS) is 19.6. The predicted octanol–water partition coefficient (Wildman–Crippen LogP) is 1.56. The largest absolute Gasteiger partial charge is 0.478 e. The van der Waals surface area contributed by atoms with Crippen LogP contribution in [0.2, 0.25) is 0 Å². The van der Waals surface area contributed by atoms with Crippen LogP contribution in [0.3, 0.4) is 0 Å². The van der Waals surface area contributed by atoms with Crippen molar-refractivity contribution in [2.24, 2.45) is 13.0 Å². The van der Waals surface area contributed by atoms with Crippen LogP contribution in [0.15, 0.2) is 24.8 Å². The van der Waals surface area contributed by atoms with Crippen LogP contribution >= 0.6 is 0 Å². The lowest BCUT2D eigenvalue weighted by atomic mass is 9.92. The maximum Gasteiger partial charge on any atom is 0.218 e. The predicted molar refractivity (Wildman–Crippen MR) is 86.3 cm³/mol. The Labute approximate surface area is 136 Å². The van der Waals surface area contributed by atoms with Crippen LogP contribution in [0.4, 0.5) is 5.82 Å². The van der Waals surface area contributed by atoms with Crippen molar-refractivity contribution in [2.75, 3.05) is 24.6 Å². The fourth-order valence-corrected chi connectivity index (χ4v) is 3.08. The molecule has 0 bridgehead atoms. The van der Waals surface area contributed by atoms with Gasteiger partial charge in [-0.2, -0.15) is 0 Å². The van der Waals surface area contributed by atoms with Crippen molar-refractivity contribution in [3.63, 3.8) is 0 Å². The van der Waals surface area contributed by atoms with Gasteiger partial charge in [-0.25, -0.2) is 15.0 Å². The number of aromatic nitrogens is 4. The maximum absolute atomic E-state index is 10.7. The van der Waals surface area contributed by atoms with E-state index < -0.39 is 6.10 Å². The zero-order valence-corrected chi connectivity index (χ0v) is 13.6. The highest BCUT2D eigenvalue weighted by Crippen LogP contribution is 2.31. The van der Waals surface area contributed by atoms with Crippen molar-refractivity contribution >= 4 is 5.82 Å². The highest BCUT2D eigenvalue weighted by atomic mass is 16.5. The second-order valence-corrected chi connectivity index (χ2v) is 5.84. The molecule has 124 valence electrons. The lowest BCUT2D eigenvalue weighted by Gasteiger charge is -2.35. The summed E-state index contributed by atoms with van der Waals surface area (Å²) >= 11 is 0. The van der Waals surface area contributed by atoms with Crippen molar-refractivity contribution in [1.82, 2.24) is 19.5 Å². The first kappa shape index (κ1) is 15.7. The molecule has 0 radical (unpaired) electrons. The molecule has 1 fully saturated rings. The van der Waals surface area contributed by atoms with Crippen LogP contribution in [0, 0.1) is 5.92 Å². The quantitative estimate of drug-likeness (QED) is 0.902. The van der Waals surface area contributed by atoms with Gasteiger partial charge in [-0.3, -0.25) is 0 Å². The van der Waals surface area contributed by atoms with Crippen LogP contribution in [0.25, 0.3) is 0 Å². The summed E-state index contributed by atoms with van der Waals surface area (Å²) < 4.78 is 7.32. The van der Waals surface area contributed by atoms with Crippen molar-refractivity contribution in [2.45, 2.75) is 25.9 Å². The van der Waals surface area contributed by atoms with Crippen LogP contribution in [0.1, 0.15) is 31.7 Å². The summed E-state index contributed by atoms with van der Waals surface area (Å²) in [5.41, 5.74) is 0. The van der Waals surface area contributed by atoms with Crippen LogP contribution in [-0.4, -0.2) is 44.3 Å². The lowest BCUT2D eigenvalue weighted by Crippen LogP contribution is -2.38. The Morgan fingerprint density at radius 3 is 3.00 bits per heavy atom. The average Bonchev–Trinajstić information content (AvgIpc) is 3.01. The third-order valence-corrected chi connectivity index (χ3v) is 4.27. The van der Waals surface area contributed by atoms with E-state index in [1.165, 1.54) is 6.33 Å². The maximum atomic E-state index is 10.7. The van der Waals surface area contributed by atoms with Crippen molar-refractivity contribution in [1.29, 1.82) is 0 Å². The highest BCUT2D eigenvalue weighted by Gasteiger charge is 2.29. The van der Waals surface area contributed by atoms with E-state index in [4.69, 9.17) is 4.74 Å². The molecular weight excluding hydrogens is 294 g/mol. The van der Waals surface area contributed by atoms with Gasteiger partial charge in [0.05, 0.1) is 6.61 Å². The number of aliphatic hydroxyl groups excluding tert-OH is 1. The molecule has 0 aromatic carbocycles. The summed E-state index contributed by atoms with van der Waals surface area (Å²) in [7, 11) is 1.91. The van der Waals surface area contributed by atoms with Crippen LogP contribution in [-0.2, 0) is 7.05 Å². The summed E-state index contributed by atoms with van der Waals surface area (Å²) in [6.07, 6.45) is 6.54. The van der Waals surface area contributed by atoms with E-state index in [-0.39, 0.29) is 5.92 Å². The number of hydrogen-bond donors (Lipinski definition) is 1. The summed E-state index contributed by atoms with van der Waals surface area (Å²) in [6.45, 7) is 4.18. The van der Waals surface area contributed by atoms with Gasteiger partial charge in [-0.05, 0) is 19.8 Å². The zero-order chi connectivity index (χ0) is 16.2. The fourth-order valence-electron chi connectivity index (χ4n) is 3.08. The number of nitrogens with zero attached hydrogens (tertiary/aromatic N) is 5. The van der Waals surface area contributed by atoms with Crippen molar-refractivity contribution in [3.8, 4) is 5.88 Å². The van der Waals surface area contributed by atoms with Crippen LogP contribution in [0.5, 0.6) is 5.88 Å². The molecule has 3 heterocycles. The number of rotatable bonds is 5. The Balaban J connectivity index is 1.73. The molecule has 3 rings (SSSR count). The molecule has 0 spiro atoms. The molecule has 2 aromatic heterocycles. The molecule has 7 heteroatoms. The minimum Gasteiger partial charge on any atom is -0.478 e. The molecule has 0 amide bonds. The number of aliphatic hydroxyl groups is 1. The molecular formula is C16H23N5O2. The van der Waals surface area contributed by atoms with Crippen molar-refractivity contribution in [3.05, 3.63) is 30.6 Å².